The molecule has 0 aliphatic carbocycles. The Bertz CT molecular complexity index is 692. The van der Waals surface area contributed by atoms with Gasteiger partial charge in [-0.05, 0) is 59.4 Å². The number of aromatic hydroxyl groups is 1. The molecule has 1 aromatic heterocycles. The number of ether oxygens (including phenoxy) is 1. The number of nitrogens with zero attached hydrogens (tertiary/aromatic N) is 3. The van der Waals surface area contributed by atoms with Gasteiger partial charge in [0.1, 0.15) is 5.82 Å². The molecule has 1 heterocycles. The number of aromatic nitrogens is 3. The molecule has 0 amide bonds. The molecular formula is C11H11IN4O2S. The molecule has 0 unspecified atom stereocenters. The van der Waals surface area contributed by atoms with Crippen molar-refractivity contribution in [2.75, 3.05) is 7.11 Å². The number of benzene rings is 1. The van der Waals surface area contributed by atoms with Crippen molar-refractivity contribution in [3.8, 4) is 11.5 Å². The fourth-order valence-electron chi connectivity index (χ4n) is 1.45. The van der Waals surface area contributed by atoms with E-state index in [1.165, 1.54) is 11.8 Å². The Labute approximate surface area is 128 Å². The van der Waals surface area contributed by atoms with Crippen LogP contribution in [0.5, 0.6) is 11.5 Å². The van der Waals surface area contributed by atoms with Crippen LogP contribution in [0.1, 0.15) is 11.4 Å². The maximum absolute atomic E-state index is 9.75. The standard InChI is InChI=1S/C11H11IN4O2S/c1-6-14-15-11(19)16(6)13-5-7-3-8(12)10(17)9(4-7)18-2/h3-5,17H,1-2H3,(H,15,19)/b13-5-. The van der Waals surface area contributed by atoms with Crippen LogP contribution in [-0.2, 0) is 0 Å². The van der Waals surface area contributed by atoms with Crippen LogP contribution >= 0.6 is 34.8 Å². The van der Waals surface area contributed by atoms with E-state index in [4.69, 9.17) is 17.0 Å². The molecule has 2 N–H and O–H groups in total. The van der Waals surface area contributed by atoms with Crippen LogP contribution in [0.3, 0.4) is 0 Å². The highest BCUT2D eigenvalue weighted by molar-refractivity contribution is 14.1. The van der Waals surface area contributed by atoms with Crippen molar-refractivity contribution < 1.29 is 9.84 Å². The maximum Gasteiger partial charge on any atom is 0.216 e. The number of aromatic amines is 1. The van der Waals surface area contributed by atoms with Crippen LogP contribution in [0.2, 0.25) is 0 Å². The molecule has 1 aromatic carbocycles. The number of hydrogen-bond donors (Lipinski definition) is 2. The van der Waals surface area contributed by atoms with Gasteiger partial charge >= 0.3 is 0 Å². The number of phenolic OH excluding ortho intramolecular Hbond substituents is 1. The van der Waals surface area contributed by atoms with E-state index in [0.717, 1.165) is 5.56 Å². The number of halogens is 1. The van der Waals surface area contributed by atoms with Gasteiger partial charge in [-0.3, -0.25) is 5.10 Å². The normalized spacial score (nSPS) is 11.1. The SMILES string of the molecule is COc1cc(/C=N\n2c(C)n[nH]c2=S)cc(I)c1O. The zero-order chi connectivity index (χ0) is 14.0. The van der Waals surface area contributed by atoms with Crippen molar-refractivity contribution in [2.24, 2.45) is 5.10 Å². The summed E-state index contributed by atoms with van der Waals surface area (Å²) in [5.74, 6) is 1.19. The van der Waals surface area contributed by atoms with Crippen molar-refractivity contribution in [2.45, 2.75) is 6.92 Å². The zero-order valence-electron chi connectivity index (χ0n) is 10.2. The monoisotopic (exact) mass is 390 g/mol. The molecule has 0 atom stereocenters. The van der Waals surface area contributed by atoms with Gasteiger partial charge in [-0.25, -0.2) is 0 Å². The van der Waals surface area contributed by atoms with Crippen molar-refractivity contribution in [3.63, 3.8) is 0 Å². The van der Waals surface area contributed by atoms with E-state index in [1.54, 1.807) is 25.3 Å². The smallest absolute Gasteiger partial charge is 0.216 e. The minimum atomic E-state index is 0.122. The van der Waals surface area contributed by atoms with Crippen molar-refractivity contribution >= 4 is 41.0 Å². The largest absolute Gasteiger partial charge is 0.504 e. The summed E-state index contributed by atoms with van der Waals surface area (Å²) in [4.78, 5) is 0. The van der Waals surface area contributed by atoms with Gasteiger partial charge in [0.25, 0.3) is 0 Å². The van der Waals surface area contributed by atoms with E-state index in [1.807, 2.05) is 22.6 Å². The van der Waals surface area contributed by atoms with Crippen molar-refractivity contribution in [1.82, 2.24) is 14.9 Å². The van der Waals surface area contributed by atoms with Crippen LogP contribution in [0, 0.1) is 15.3 Å². The minimum absolute atomic E-state index is 0.122. The van der Waals surface area contributed by atoms with Gasteiger partial charge in [0, 0.05) is 0 Å². The summed E-state index contributed by atoms with van der Waals surface area (Å²) in [6, 6.07) is 3.49. The first kappa shape index (κ1) is 14.0. The molecule has 0 aliphatic rings. The van der Waals surface area contributed by atoms with Gasteiger partial charge < -0.3 is 9.84 Å². The van der Waals surface area contributed by atoms with E-state index in [2.05, 4.69) is 15.3 Å². The minimum Gasteiger partial charge on any atom is -0.504 e. The fraction of sp³-hybridized carbons (Fsp3) is 0.182. The summed E-state index contributed by atoms with van der Waals surface area (Å²) >= 11 is 7.08. The molecule has 0 spiro atoms. The van der Waals surface area contributed by atoms with E-state index < -0.39 is 0 Å². The molecular weight excluding hydrogens is 379 g/mol. The van der Waals surface area contributed by atoms with Crippen LogP contribution < -0.4 is 4.74 Å². The third-order valence-corrected chi connectivity index (χ3v) is 3.49. The predicted molar refractivity (Wildman–Crippen MR) is 82.5 cm³/mol. The van der Waals surface area contributed by atoms with Gasteiger partial charge in [0.2, 0.25) is 4.77 Å². The summed E-state index contributed by atoms with van der Waals surface area (Å²) < 4.78 is 7.72. The second-order valence-corrected chi connectivity index (χ2v) is 5.23. The lowest BCUT2D eigenvalue weighted by Crippen LogP contribution is -1.95. The van der Waals surface area contributed by atoms with Gasteiger partial charge in [0.15, 0.2) is 11.5 Å². The highest BCUT2D eigenvalue weighted by Crippen LogP contribution is 2.31. The first-order valence-corrected chi connectivity index (χ1v) is 6.76. The fourth-order valence-corrected chi connectivity index (χ4v) is 2.30. The molecule has 0 bridgehead atoms. The quantitative estimate of drug-likeness (QED) is 0.480. The number of rotatable bonds is 3. The first-order valence-electron chi connectivity index (χ1n) is 5.28. The zero-order valence-corrected chi connectivity index (χ0v) is 13.2. The molecule has 8 heteroatoms. The lowest BCUT2D eigenvalue weighted by atomic mass is 10.2. The molecule has 0 radical (unpaired) electrons. The van der Waals surface area contributed by atoms with Crippen molar-refractivity contribution in [1.29, 1.82) is 0 Å². The van der Waals surface area contributed by atoms with Gasteiger partial charge in [-0.15, -0.1) is 0 Å². The van der Waals surface area contributed by atoms with E-state index >= 15 is 0 Å². The number of phenols is 1. The topological polar surface area (TPSA) is 75.4 Å². The summed E-state index contributed by atoms with van der Waals surface area (Å²) in [6.45, 7) is 1.80. The summed E-state index contributed by atoms with van der Waals surface area (Å²) in [5, 5.41) is 20.6. The van der Waals surface area contributed by atoms with Crippen LogP contribution in [0.4, 0.5) is 0 Å². The Kier molecular flexibility index (Phi) is 4.20. The van der Waals surface area contributed by atoms with E-state index in [0.29, 0.717) is 19.9 Å². The Morgan fingerprint density at radius 3 is 2.89 bits per heavy atom. The van der Waals surface area contributed by atoms with Crippen LogP contribution in [0.25, 0.3) is 0 Å². The molecule has 0 saturated carbocycles. The number of aryl methyl sites for hydroxylation is 1. The second kappa shape index (κ2) is 5.70. The highest BCUT2D eigenvalue weighted by Gasteiger charge is 2.07. The Balaban J connectivity index is 2.39. The van der Waals surface area contributed by atoms with E-state index in [9.17, 15) is 5.11 Å². The average Bonchev–Trinajstić information content (AvgIpc) is 2.70. The Morgan fingerprint density at radius 2 is 2.32 bits per heavy atom. The summed E-state index contributed by atoms with van der Waals surface area (Å²) in [5.41, 5.74) is 0.793. The predicted octanol–water partition coefficient (Wildman–Crippen LogP) is 2.45. The maximum atomic E-state index is 9.75. The number of hydrogen-bond acceptors (Lipinski definition) is 5. The molecule has 19 heavy (non-hydrogen) atoms. The van der Waals surface area contributed by atoms with Crippen LogP contribution in [0.15, 0.2) is 17.2 Å². The van der Waals surface area contributed by atoms with Crippen molar-refractivity contribution in [3.05, 3.63) is 31.9 Å². The average molecular weight is 390 g/mol. The lowest BCUT2D eigenvalue weighted by molar-refractivity contribution is 0.371. The summed E-state index contributed by atoms with van der Waals surface area (Å²) in [6.07, 6.45) is 1.63. The van der Waals surface area contributed by atoms with Gasteiger partial charge in [-0.1, -0.05) is 0 Å². The third kappa shape index (κ3) is 2.95. The number of methoxy groups -OCH3 is 1. The molecule has 2 rings (SSSR count). The van der Waals surface area contributed by atoms with Gasteiger partial charge in [-0.2, -0.15) is 14.9 Å². The molecule has 0 aliphatic heterocycles. The third-order valence-electron chi connectivity index (χ3n) is 2.41. The molecule has 0 fully saturated rings. The highest BCUT2D eigenvalue weighted by atomic mass is 127. The molecule has 100 valence electrons. The summed E-state index contributed by atoms with van der Waals surface area (Å²) in [7, 11) is 1.50. The molecule has 6 nitrogen and oxygen atoms in total. The molecule has 2 aromatic rings. The van der Waals surface area contributed by atoms with Gasteiger partial charge in [0.05, 0.1) is 16.9 Å². The second-order valence-electron chi connectivity index (χ2n) is 3.69. The van der Waals surface area contributed by atoms with Crippen LogP contribution in [-0.4, -0.2) is 33.3 Å². The first-order chi connectivity index (χ1) is 9.02. The molecule has 0 saturated heterocycles. The Morgan fingerprint density at radius 1 is 1.58 bits per heavy atom. The Hall–Kier alpha value is -1.42. The number of H-pyrrole nitrogens is 1. The lowest BCUT2D eigenvalue weighted by Gasteiger charge is -2.06. The van der Waals surface area contributed by atoms with E-state index in [-0.39, 0.29) is 5.75 Å². The number of nitrogens with one attached hydrogen (secondary N) is 1.